The Balaban J connectivity index is 1.48. The highest BCUT2D eigenvalue weighted by Crippen LogP contribution is 2.34. The topological polar surface area (TPSA) is 37.4 Å². The maximum atomic E-state index is 14.0. The van der Waals surface area contributed by atoms with Crippen LogP contribution in [0.1, 0.15) is 37.7 Å². The van der Waals surface area contributed by atoms with Gasteiger partial charge >= 0.3 is 0 Å². The molecule has 1 aliphatic carbocycles. The lowest BCUT2D eigenvalue weighted by atomic mass is 9.79. The molecule has 140 valence electrons. The van der Waals surface area contributed by atoms with Crippen molar-refractivity contribution >= 4 is 10.9 Å². The van der Waals surface area contributed by atoms with E-state index in [2.05, 4.69) is 15.2 Å². The van der Waals surface area contributed by atoms with Crippen LogP contribution in [0.25, 0.3) is 10.9 Å². The summed E-state index contributed by atoms with van der Waals surface area (Å²) >= 11 is 0. The Morgan fingerprint density at radius 1 is 1.15 bits per heavy atom. The maximum absolute atomic E-state index is 14.0. The van der Waals surface area contributed by atoms with Crippen molar-refractivity contribution in [3.63, 3.8) is 0 Å². The van der Waals surface area contributed by atoms with Gasteiger partial charge in [0.25, 0.3) is 0 Å². The number of nitrogens with zero attached hydrogens (tertiary/aromatic N) is 2. The second kappa shape index (κ2) is 7.99. The van der Waals surface area contributed by atoms with E-state index in [0.29, 0.717) is 6.54 Å². The van der Waals surface area contributed by atoms with Gasteiger partial charge in [-0.05, 0) is 36.6 Å². The Morgan fingerprint density at radius 3 is 2.77 bits per heavy atom. The minimum Gasteiger partial charge on any atom is -0.379 e. The molecule has 4 rings (SSSR count). The van der Waals surface area contributed by atoms with Gasteiger partial charge in [-0.25, -0.2) is 4.39 Å². The van der Waals surface area contributed by atoms with E-state index in [9.17, 15) is 4.39 Å². The first kappa shape index (κ1) is 17.8. The van der Waals surface area contributed by atoms with Crippen molar-refractivity contribution in [2.75, 3.05) is 32.8 Å². The quantitative estimate of drug-likeness (QED) is 0.889. The van der Waals surface area contributed by atoms with Gasteiger partial charge in [0.1, 0.15) is 5.82 Å². The van der Waals surface area contributed by atoms with Gasteiger partial charge in [-0.2, -0.15) is 0 Å². The first-order valence-electron chi connectivity index (χ1n) is 9.84. The summed E-state index contributed by atoms with van der Waals surface area (Å²) in [6.45, 7) is 5.30. The Kier molecular flexibility index (Phi) is 5.48. The highest BCUT2D eigenvalue weighted by Gasteiger charge is 2.38. The Bertz CT molecular complexity index is 739. The van der Waals surface area contributed by atoms with Gasteiger partial charge in [0.2, 0.25) is 0 Å². The third-order valence-corrected chi connectivity index (χ3v) is 5.98. The molecule has 1 aliphatic heterocycles. The zero-order valence-corrected chi connectivity index (χ0v) is 15.3. The molecule has 1 saturated carbocycles. The molecule has 5 heteroatoms. The van der Waals surface area contributed by atoms with Crippen molar-refractivity contribution in [2.45, 2.75) is 44.2 Å². The van der Waals surface area contributed by atoms with E-state index < -0.39 is 0 Å². The zero-order chi connectivity index (χ0) is 17.8. The van der Waals surface area contributed by atoms with Crippen molar-refractivity contribution in [3.8, 4) is 0 Å². The fourth-order valence-corrected chi connectivity index (χ4v) is 4.64. The number of rotatable bonds is 5. The molecule has 2 aliphatic rings. The number of nitrogens with one attached hydrogen (secondary N) is 1. The van der Waals surface area contributed by atoms with E-state index in [4.69, 9.17) is 4.74 Å². The average molecular weight is 357 g/mol. The summed E-state index contributed by atoms with van der Waals surface area (Å²) in [6.07, 6.45) is 8.18. The molecule has 4 nitrogen and oxygen atoms in total. The molecule has 0 spiro atoms. The molecular formula is C21H28FN3O. The molecule has 1 saturated heterocycles. The summed E-state index contributed by atoms with van der Waals surface area (Å²) in [7, 11) is 0. The van der Waals surface area contributed by atoms with Crippen molar-refractivity contribution in [3.05, 3.63) is 41.8 Å². The first-order valence-corrected chi connectivity index (χ1v) is 9.84. The van der Waals surface area contributed by atoms with Crippen LogP contribution in [0, 0.1) is 5.82 Å². The number of halogens is 1. The second-order valence-electron chi connectivity index (χ2n) is 7.63. The van der Waals surface area contributed by atoms with Gasteiger partial charge in [0, 0.05) is 43.3 Å². The summed E-state index contributed by atoms with van der Waals surface area (Å²) < 4.78 is 19.5. The molecule has 2 aromatic rings. The fraction of sp³-hybridized carbons (Fsp3) is 0.571. The van der Waals surface area contributed by atoms with Gasteiger partial charge in [-0.3, -0.25) is 9.88 Å². The summed E-state index contributed by atoms with van der Waals surface area (Å²) in [5.41, 5.74) is 2.05. The summed E-state index contributed by atoms with van der Waals surface area (Å²) in [4.78, 5) is 7.09. The Labute approximate surface area is 154 Å². The third-order valence-electron chi connectivity index (χ3n) is 5.98. The first-order chi connectivity index (χ1) is 12.8. The van der Waals surface area contributed by atoms with Crippen LogP contribution in [0.2, 0.25) is 0 Å². The summed E-state index contributed by atoms with van der Waals surface area (Å²) in [5, 5.41) is 4.51. The van der Waals surface area contributed by atoms with Crippen LogP contribution in [0.3, 0.4) is 0 Å². The number of ether oxygens (including phenoxy) is 1. The molecule has 0 amide bonds. The fourth-order valence-electron chi connectivity index (χ4n) is 4.64. The SMILES string of the molecule is Fc1cc(CNCC2(N3CCOCC3)CCCCC2)c2ncccc2c1. The van der Waals surface area contributed by atoms with Gasteiger partial charge < -0.3 is 10.1 Å². The number of aromatic nitrogens is 1. The average Bonchev–Trinajstić information content (AvgIpc) is 2.69. The number of fused-ring (bicyclic) bond motifs is 1. The molecule has 1 aromatic carbocycles. The van der Waals surface area contributed by atoms with E-state index in [1.165, 1.54) is 32.1 Å². The highest BCUT2D eigenvalue weighted by atomic mass is 19.1. The predicted octanol–water partition coefficient (Wildman–Crippen LogP) is 3.50. The largest absolute Gasteiger partial charge is 0.379 e. The van der Waals surface area contributed by atoms with Gasteiger partial charge in [-0.15, -0.1) is 0 Å². The summed E-state index contributed by atoms with van der Waals surface area (Å²) in [5.74, 6) is -0.192. The van der Waals surface area contributed by atoms with Crippen LogP contribution in [0.5, 0.6) is 0 Å². The number of benzene rings is 1. The van der Waals surface area contributed by atoms with Crippen LogP contribution < -0.4 is 5.32 Å². The molecular weight excluding hydrogens is 329 g/mol. The minimum atomic E-state index is -0.192. The minimum absolute atomic E-state index is 0.192. The molecule has 0 radical (unpaired) electrons. The molecule has 2 fully saturated rings. The smallest absolute Gasteiger partial charge is 0.124 e. The van der Waals surface area contributed by atoms with Crippen LogP contribution in [-0.2, 0) is 11.3 Å². The van der Waals surface area contributed by atoms with Crippen LogP contribution in [0.15, 0.2) is 30.5 Å². The van der Waals surface area contributed by atoms with E-state index in [1.807, 2.05) is 12.1 Å². The van der Waals surface area contributed by atoms with Crippen molar-refractivity contribution in [2.24, 2.45) is 0 Å². The van der Waals surface area contributed by atoms with E-state index in [0.717, 1.165) is 49.3 Å². The van der Waals surface area contributed by atoms with E-state index in [1.54, 1.807) is 18.3 Å². The van der Waals surface area contributed by atoms with Crippen LogP contribution in [0.4, 0.5) is 4.39 Å². The van der Waals surface area contributed by atoms with Gasteiger partial charge in [0.15, 0.2) is 0 Å². The molecule has 26 heavy (non-hydrogen) atoms. The molecule has 1 aromatic heterocycles. The number of hydrogen-bond acceptors (Lipinski definition) is 4. The lowest BCUT2D eigenvalue weighted by Gasteiger charge is -2.48. The Hall–Kier alpha value is -1.56. The predicted molar refractivity (Wildman–Crippen MR) is 102 cm³/mol. The number of hydrogen-bond donors (Lipinski definition) is 1. The highest BCUT2D eigenvalue weighted by molar-refractivity contribution is 5.81. The standard InChI is InChI=1S/C21H28FN3O/c22-19-13-17-5-4-8-24-20(17)18(14-19)15-23-16-21(6-2-1-3-7-21)25-9-11-26-12-10-25/h4-5,8,13-14,23H,1-3,6-7,9-12,15-16H2. The summed E-state index contributed by atoms with van der Waals surface area (Å²) in [6, 6.07) is 6.95. The zero-order valence-electron chi connectivity index (χ0n) is 15.3. The van der Waals surface area contributed by atoms with E-state index in [-0.39, 0.29) is 11.4 Å². The van der Waals surface area contributed by atoms with Crippen molar-refractivity contribution in [1.29, 1.82) is 0 Å². The van der Waals surface area contributed by atoms with Crippen molar-refractivity contribution < 1.29 is 9.13 Å². The Morgan fingerprint density at radius 2 is 1.96 bits per heavy atom. The van der Waals surface area contributed by atoms with Gasteiger partial charge in [0.05, 0.1) is 18.7 Å². The lowest BCUT2D eigenvalue weighted by Crippen LogP contribution is -2.59. The van der Waals surface area contributed by atoms with Crippen molar-refractivity contribution in [1.82, 2.24) is 15.2 Å². The van der Waals surface area contributed by atoms with Crippen LogP contribution in [-0.4, -0.2) is 48.3 Å². The normalized spacial score (nSPS) is 21.1. The molecule has 0 atom stereocenters. The number of pyridine rings is 1. The molecule has 0 bridgehead atoms. The van der Waals surface area contributed by atoms with E-state index >= 15 is 0 Å². The molecule has 2 heterocycles. The lowest BCUT2D eigenvalue weighted by molar-refractivity contribution is -0.0369. The molecule has 1 N–H and O–H groups in total. The monoisotopic (exact) mass is 357 g/mol. The van der Waals surface area contributed by atoms with Crippen LogP contribution >= 0.6 is 0 Å². The molecule has 0 unspecified atom stereocenters. The van der Waals surface area contributed by atoms with Gasteiger partial charge in [-0.1, -0.05) is 25.3 Å². The third kappa shape index (κ3) is 3.75. The number of morpholine rings is 1. The maximum Gasteiger partial charge on any atom is 0.124 e. The second-order valence-corrected chi connectivity index (χ2v) is 7.63.